The summed E-state index contributed by atoms with van der Waals surface area (Å²) in [5, 5.41) is 3.73. The Morgan fingerprint density at radius 3 is 2.83 bits per heavy atom. The molecule has 0 bridgehead atoms. The van der Waals surface area contributed by atoms with E-state index in [1.54, 1.807) is 34.9 Å². The Labute approximate surface area is 136 Å². The first-order chi connectivity index (χ1) is 11.1. The summed E-state index contributed by atoms with van der Waals surface area (Å²) in [4.78, 5) is 23.3. The third-order valence-electron chi connectivity index (χ3n) is 3.42. The van der Waals surface area contributed by atoms with Gasteiger partial charge in [-0.2, -0.15) is 0 Å². The Kier molecular flexibility index (Phi) is 4.12. The average molecular weight is 331 g/mol. The molecule has 116 valence electrons. The number of fused-ring (bicyclic) bond motifs is 1. The summed E-state index contributed by atoms with van der Waals surface area (Å²) in [5.41, 5.74) is 1.55. The van der Waals surface area contributed by atoms with Crippen LogP contribution in [0.1, 0.15) is 10.4 Å². The fourth-order valence-corrected chi connectivity index (χ4v) is 2.63. The van der Waals surface area contributed by atoms with Crippen molar-refractivity contribution >= 4 is 40.4 Å². The number of nitrogens with zero attached hydrogens (tertiary/aromatic N) is 1. The van der Waals surface area contributed by atoms with Gasteiger partial charge in [0, 0.05) is 33.4 Å². The fourth-order valence-electron chi connectivity index (χ4n) is 2.44. The summed E-state index contributed by atoms with van der Waals surface area (Å²) < 4.78 is 14.9. The number of aldehydes is 1. The molecule has 2 aromatic carbocycles. The van der Waals surface area contributed by atoms with Gasteiger partial charge >= 0.3 is 0 Å². The number of nitrogens with one attached hydrogen (secondary N) is 1. The molecular weight excluding hydrogens is 319 g/mol. The third kappa shape index (κ3) is 3.24. The number of anilines is 1. The molecule has 4 nitrogen and oxygen atoms in total. The molecule has 6 heteroatoms. The molecule has 0 saturated heterocycles. The molecule has 23 heavy (non-hydrogen) atoms. The molecule has 0 aliphatic carbocycles. The van der Waals surface area contributed by atoms with Crippen molar-refractivity contribution in [3.05, 3.63) is 65.1 Å². The highest BCUT2D eigenvalue weighted by Crippen LogP contribution is 2.22. The van der Waals surface area contributed by atoms with Gasteiger partial charge in [0.2, 0.25) is 5.91 Å². The maximum absolute atomic E-state index is 13.3. The van der Waals surface area contributed by atoms with Crippen LogP contribution in [0.15, 0.2) is 48.7 Å². The highest BCUT2D eigenvalue weighted by atomic mass is 35.5. The number of hydrogen-bond acceptors (Lipinski definition) is 2. The van der Waals surface area contributed by atoms with Gasteiger partial charge in [-0.05, 0) is 36.4 Å². The lowest BCUT2D eigenvalue weighted by molar-refractivity contribution is -0.116. The molecule has 0 aliphatic rings. The van der Waals surface area contributed by atoms with Gasteiger partial charge in [0.1, 0.15) is 12.4 Å². The molecule has 0 spiro atoms. The monoisotopic (exact) mass is 330 g/mol. The molecule has 3 rings (SSSR count). The van der Waals surface area contributed by atoms with Gasteiger partial charge in [-0.25, -0.2) is 4.39 Å². The SMILES string of the molecule is O=Cc1cn(CC(=O)Nc2cccc(Cl)c2)c2ccc(F)cc12. The molecule has 0 fully saturated rings. The molecule has 0 aliphatic heterocycles. The molecule has 0 unspecified atom stereocenters. The second kappa shape index (κ2) is 6.22. The summed E-state index contributed by atoms with van der Waals surface area (Å²) >= 11 is 5.87. The fraction of sp³-hybridized carbons (Fsp3) is 0.0588. The van der Waals surface area contributed by atoms with Crippen LogP contribution in [0.4, 0.5) is 10.1 Å². The number of aromatic nitrogens is 1. The lowest BCUT2D eigenvalue weighted by Gasteiger charge is -2.07. The number of hydrogen-bond donors (Lipinski definition) is 1. The van der Waals surface area contributed by atoms with Crippen LogP contribution in [0.25, 0.3) is 10.9 Å². The van der Waals surface area contributed by atoms with Crippen molar-refractivity contribution in [1.82, 2.24) is 4.57 Å². The van der Waals surface area contributed by atoms with E-state index < -0.39 is 5.82 Å². The lowest BCUT2D eigenvalue weighted by atomic mass is 10.2. The van der Waals surface area contributed by atoms with Crippen LogP contribution in [-0.2, 0) is 11.3 Å². The van der Waals surface area contributed by atoms with E-state index in [2.05, 4.69) is 5.32 Å². The maximum atomic E-state index is 13.3. The summed E-state index contributed by atoms with van der Waals surface area (Å²) in [5.74, 6) is -0.701. The van der Waals surface area contributed by atoms with E-state index in [1.165, 1.54) is 18.3 Å². The largest absolute Gasteiger partial charge is 0.337 e. The second-order valence-electron chi connectivity index (χ2n) is 5.05. The smallest absolute Gasteiger partial charge is 0.244 e. The molecule has 0 radical (unpaired) electrons. The van der Waals surface area contributed by atoms with Crippen molar-refractivity contribution in [3.63, 3.8) is 0 Å². The van der Waals surface area contributed by atoms with Crippen molar-refractivity contribution in [2.24, 2.45) is 0 Å². The normalized spacial score (nSPS) is 10.7. The predicted octanol–water partition coefficient (Wildman–Crippen LogP) is 3.89. The van der Waals surface area contributed by atoms with E-state index in [0.717, 1.165) is 0 Å². The summed E-state index contributed by atoms with van der Waals surface area (Å²) in [6.07, 6.45) is 2.18. The van der Waals surface area contributed by atoms with Crippen LogP contribution in [0.3, 0.4) is 0 Å². The first-order valence-corrected chi connectivity index (χ1v) is 7.23. The average Bonchev–Trinajstić information content (AvgIpc) is 2.84. The van der Waals surface area contributed by atoms with Gasteiger partial charge in [0.05, 0.1) is 0 Å². The van der Waals surface area contributed by atoms with Crippen molar-refractivity contribution in [2.75, 3.05) is 5.32 Å². The second-order valence-corrected chi connectivity index (χ2v) is 5.49. The van der Waals surface area contributed by atoms with Crippen LogP contribution in [0.2, 0.25) is 5.02 Å². The summed E-state index contributed by atoms with van der Waals surface area (Å²) in [6, 6.07) is 10.9. The Balaban J connectivity index is 1.86. The summed E-state index contributed by atoms with van der Waals surface area (Å²) in [7, 11) is 0. The molecule has 0 atom stereocenters. The van der Waals surface area contributed by atoms with Crippen LogP contribution in [-0.4, -0.2) is 16.8 Å². The number of halogens is 2. The maximum Gasteiger partial charge on any atom is 0.244 e. The van der Waals surface area contributed by atoms with E-state index in [4.69, 9.17) is 11.6 Å². The van der Waals surface area contributed by atoms with Crippen molar-refractivity contribution < 1.29 is 14.0 Å². The number of rotatable bonds is 4. The number of carbonyl (C=O) groups is 2. The summed E-state index contributed by atoms with van der Waals surface area (Å²) in [6.45, 7) is 0.00247. The molecular formula is C17H12ClFN2O2. The molecule has 1 amide bonds. The predicted molar refractivity (Wildman–Crippen MR) is 87.4 cm³/mol. The Morgan fingerprint density at radius 1 is 1.26 bits per heavy atom. The van der Waals surface area contributed by atoms with Gasteiger partial charge in [0.25, 0.3) is 0 Å². The zero-order valence-corrected chi connectivity index (χ0v) is 12.7. The number of amides is 1. The van der Waals surface area contributed by atoms with Gasteiger partial charge in [0.15, 0.2) is 6.29 Å². The highest BCUT2D eigenvalue weighted by Gasteiger charge is 2.12. The lowest BCUT2D eigenvalue weighted by Crippen LogP contribution is -2.18. The van der Waals surface area contributed by atoms with Crippen molar-refractivity contribution in [1.29, 1.82) is 0 Å². The number of carbonyl (C=O) groups excluding carboxylic acids is 2. The van der Waals surface area contributed by atoms with Gasteiger partial charge in [-0.1, -0.05) is 17.7 Å². The standard InChI is InChI=1S/C17H12ClFN2O2/c18-12-2-1-3-14(6-12)20-17(23)9-21-8-11(10-22)15-7-13(19)4-5-16(15)21/h1-8,10H,9H2,(H,20,23). The minimum absolute atomic E-state index is 0.00247. The number of benzene rings is 2. The Morgan fingerprint density at radius 2 is 2.09 bits per heavy atom. The zero-order chi connectivity index (χ0) is 16.4. The van der Waals surface area contributed by atoms with Crippen molar-refractivity contribution in [3.8, 4) is 0 Å². The van der Waals surface area contributed by atoms with E-state index in [9.17, 15) is 14.0 Å². The third-order valence-corrected chi connectivity index (χ3v) is 3.66. The first-order valence-electron chi connectivity index (χ1n) is 6.86. The van der Waals surface area contributed by atoms with Gasteiger partial charge in [-0.15, -0.1) is 0 Å². The van der Waals surface area contributed by atoms with E-state index in [1.807, 2.05) is 0 Å². The van der Waals surface area contributed by atoms with E-state index in [0.29, 0.717) is 33.5 Å². The van der Waals surface area contributed by atoms with Gasteiger partial charge < -0.3 is 9.88 Å². The quantitative estimate of drug-likeness (QED) is 0.738. The Bertz CT molecular complexity index is 905. The molecule has 0 saturated carbocycles. The molecule has 3 aromatic rings. The van der Waals surface area contributed by atoms with E-state index >= 15 is 0 Å². The minimum atomic E-state index is -0.429. The van der Waals surface area contributed by atoms with Crippen LogP contribution < -0.4 is 5.32 Å². The van der Waals surface area contributed by atoms with Crippen LogP contribution >= 0.6 is 11.6 Å². The van der Waals surface area contributed by atoms with Crippen LogP contribution in [0.5, 0.6) is 0 Å². The topological polar surface area (TPSA) is 51.1 Å². The zero-order valence-electron chi connectivity index (χ0n) is 11.9. The molecule has 1 heterocycles. The highest BCUT2D eigenvalue weighted by molar-refractivity contribution is 6.30. The first kappa shape index (κ1) is 15.2. The van der Waals surface area contributed by atoms with Crippen LogP contribution in [0, 0.1) is 5.82 Å². The van der Waals surface area contributed by atoms with Gasteiger partial charge in [-0.3, -0.25) is 9.59 Å². The Hall–Kier alpha value is -2.66. The van der Waals surface area contributed by atoms with Crippen molar-refractivity contribution in [2.45, 2.75) is 6.54 Å². The minimum Gasteiger partial charge on any atom is -0.337 e. The molecule has 1 N–H and O–H groups in total. The molecule has 1 aromatic heterocycles. The van der Waals surface area contributed by atoms with E-state index in [-0.39, 0.29) is 12.5 Å².